The molecule has 0 aliphatic rings. The zero-order valence-corrected chi connectivity index (χ0v) is 9.47. The molecular weight excluding hydrogens is 208 g/mol. The van der Waals surface area contributed by atoms with Gasteiger partial charge >= 0.3 is 5.97 Å². The maximum Gasteiger partial charge on any atom is 0.305 e. The standard InChI is InChI=1S/C12H16O4/c1-9(7-12(13)14)16-8-10-3-5-11(15-2)6-4-10/h3-6,9H,7-8H2,1-2H3,(H,13,14). The van der Waals surface area contributed by atoms with E-state index >= 15 is 0 Å². The molecule has 1 unspecified atom stereocenters. The van der Waals surface area contributed by atoms with Crippen LogP contribution in [0.2, 0.25) is 0 Å². The summed E-state index contributed by atoms with van der Waals surface area (Å²) in [5.41, 5.74) is 0.998. The van der Waals surface area contributed by atoms with Crippen molar-refractivity contribution in [1.29, 1.82) is 0 Å². The van der Waals surface area contributed by atoms with Gasteiger partial charge in [-0.1, -0.05) is 12.1 Å². The monoisotopic (exact) mass is 224 g/mol. The van der Waals surface area contributed by atoms with Crippen molar-refractivity contribution in [1.82, 2.24) is 0 Å². The SMILES string of the molecule is COc1ccc(COC(C)CC(=O)O)cc1. The van der Waals surface area contributed by atoms with Gasteiger partial charge in [0.25, 0.3) is 0 Å². The Kier molecular flexibility index (Phi) is 4.79. The van der Waals surface area contributed by atoms with Crippen molar-refractivity contribution in [3.63, 3.8) is 0 Å². The summed E-state index contributed by atoms with van der Waals surface area (Å²) in [4.78, 5) is 10.4. The molecule has 16 heavy (non-hydrogen) atoms. The molecule has 1 aromatic carbocycles. The van der Waals surface area contributed by atoms with Gasteiger partial charge in [-0.2, -0.15) is 0 Å². The third-order valence-corrected chi connectivity index (χ3v) is 2.16. The largest absolute Gasteiger partial charge is 0.497 e. The van der Waals surface area contributed by atoms with E-state index in [9.17, 15) is 4.79 Å². The van der Waals surface area contributed by atoms with E-state index in [0.717, 1.165) is 11.3 Å². The Bertz CT molecular complexity index is 331. The lowest BCUT2D eigenvalue weighted by atomic mass is 10.2. The van der Waals surface area contributed by atoms with Crippen LogP contribution in [0.15, 0.2) is 24.3 Å². The normalized spacial score (nSPS) is 12.1. The van der Waals surface area contributed by atoms with Crippen LogP contribution >= 0.6 is 0 Å². The van der Waals surface area contributed by atoms with Crippen LogP contribution < -0.4 is 4.74 Å². The van der Waals surface area contributed by atoms with Crippen LogP contribution in [-0.4, -0.2) is 24.3 Å². The lowest BCUT2D eigenvalue weighted by molar-refractivity contribution is -0.140. The molecule has 0 amide bonds. The topological polar surface area (TPSA) is 55.8 Å². The van der Waals surface area contributed by atoms with Gasteiger partial charge in [0.05, 0.1) is 26.2 Å². The predicted molar refractivity (Wildman–Crippen MR) is 59.5 cm³/mol. The molecule has 4 nitrogen and oxygen atoms in total. The third kappa shape index (κ3) is 4.31. The quantitative estimate of drug-likeness (QED) is 0.803. The Balaban J connectivity index is 2.39. The van der Waals surface area contributed by atoms with Crippen molar-refractivity contribution >= 4 is 5.97 Å². The Hall–Kier alpha value is -1.55. The van der Waals surface area contributed by atoms with Crippen molar-refractivity contribution in [3.05, 3.63) is 29.8 Å². The van der Waals surface area contributed by atoms with E-state index in [1.165, 1.54) is 0 Å². The summed E-state index contributed by atoms with van der Waals surface area (Å²) in [5, 5.41) is 8.55. The summed E-state index contributed by atoms with van der Waals surface area (Å²) in [6, 6.07) is 7.49. The zero-order valence-electron chi connectivity index (χ0n) is 9.47. The highest BCUT2D eigenvalue weighted by atomic mass is 16.5. The van der Waals surface area contributed by atoms with Gasteiger partial charge in [-0.3, -0.25) is 4.79 Å². The van der Waals surface area contributed by atoms with Crippen LogP contribution in [0.25, 0.3) is 0 Å². The average molecular weight is 224 g/mol. The van der Waals surface area contributed by atoms with Crippen molar-refractivity contribution in [2.45, 2.75) is 26.1 Å². The molecule has 0 spiro atoms. The highest BCUT2D eigenvalue weighted by molar-refractivity contribution is 5.67. The number of benzene rings is 1. The van der Waals surface area contributed by atoms with E-state index in [1.807, 2.05) is 24.3 Å². The fraction of sp³-hybridized carbons (Fsp3) is 0.417. The van der Waals surface area contributed by atoms with Crippen LogP contribution in [0.4, 0.5) is 0 Å². The van der Waals surface area contributed by atoms with E-state index < -0.39 is 5.97 Å². The third-order valence-electron chi connectivity index (χ3n) is 2.16. The minimum absolute atomic E-state index is 0.0240. The molecule has 0 bridgehead atoms. The van der Waals surface area contributed by atoms with E-state index in [4.69, 9.17) is 14.6 Å². The first-order valence-electron chi connectivity index (χ1n) is 5.08. The first-order valence-corrected chi connectivity index (χ1v) is 5.08. The molecule has 0 aromatic heterocycles. The van der Waals surface area contributed by atoms with E-state index in [0.29, 0.717) is 6.61 Å². The summed E-state index contributed by atoms with van der Waals surface area (Å²) in [5.74, 6) is -0.0513. The molecule has 0 saturated heterocycles. The first-order chi connectivity index (χ1) is 7.61. The number of carboxylic acid groups (broad SMARTS) is 1. The molecule has 88 valence electrons. The van der Waals surface area contributed by atoms with Gasteiger partial charge < -0.3 is 14.6 Å². The average Bonchev–Trinajstić information content (AvgIpc) is 2.26. The second-order valence-electron chi connectivity index (χ2n) is 3.57. The Morgan fingerprint density at radius 1 is 1.38 bits per heavy atom. The van der Waals surface area contributed by atoms with Crippen LogP contribution in [0.1, 0.15) is 18.9 Å². The second-order valence-corrected chi connectivity index (χ2v) is 3.57. The Morgan fingerprint density at radius 3 is 2.50 bits per heavy atom. The first kappa shape index (κ1) is 12.5. The summed E-state index contributed by atoms with van der Waals surface area (Å²) in [6.45, 7) is 2.16. The molecule has 0 aliphatic carbocycles. The van der Waals surface area contributed by atoms with Crippen LogP contribution in [0, 0.1) is 0 Å². The Labute approximate surface area is 94.8 Å². The fourth-order valence-electron chi connectivity index (χ4n) is 1.27. The Morgan fingerprint density at radius 2 is 2.00 bits per heavy atom. The molecule has 1 rings (SSSR count). The molecule has 1 aromatic rings. The molecule has 0 radical (unpaired) electrons. The molecule has 1 N–H and O–H groups in total. The van der Waals surface area contributed by atoms with Crippen molar-refractivity contribution in [3.8, 4) is 5.75 Å². The number of hydrogen-bond donors (Lipinski definition) is 1. The highest BCUT2D eigenvalue weighted by Crippen LogP contribution is 2.12. The van der Waals surface area contributed by atoms with E-state index in [-0.39, 0.29) is 12.5 Å². The van der Waals surface area contributed by atoms with Crippen molar-refractivity contribution in [2.75, 3.05) is 7.11 Å². The number of methoxy groups -OCH3 is 1. The number of hydrogen-bond acceptors (Lipinski definition) is 3. The number of ether oxygens (including phenoxy) is 2. The minimum Gasteiger partial charge on any atom is -0.497 e. The van der Waals surface area contributed by atoms with Gasteiger partial charge in [-0.25, -0.2) is 0 Å². The van der Waals surface area contributed by atoms with Crippen LogP contribution in [0.5, 0.6) is 5.75 Å². The number of rotatable bonds is 6. The summed E-state index contributed by atoms with van der Waals surface area (Å²) in [6.07, 6.45) is -0.254. The molecule has 0 fully saturated rings. The van der Waals surface area contributed by atoms with Gasteiger partial charge in [0.1, 0.15) is 5.75 Å². The summed E-state index contributed by atoms with van der Waals surface area (Å²) < 4.78 is 10.4. The maximum absolute atomic E-state index is 10.4. The van der Waals surface area contributed by atoms with Gasteiger partial charge in [0.2, 0.25) is 0 Å². The van der Waals surface area contributed by atoms with Crippen molar-refractivity contribution < 1.29 is 19.4 Å². The summed E-state index contributed by atoms with van der Waals surface area (Å²) in [7, 11) is 1.61. The molecule has 0 saturated carbocycles. The molecule has 4 heteroatoms. The van der Waals surface area contributed by atoms with Gasteiger partial charge in [0.15, 0.2) is 0 Å². The maximum atomic E-state index is 10.4. The highest BCUT2D eigenvalue weighted by Gasteiger charge is 2.07. The second kappa shape index (κ2) is 6.12. The smallest absolute Gasteiger partial charge is 0.305 e. The van der Waals surface area contributed by atoms with Gasteiger partial charge in [0, 0.05) is 0 Å². The molecule has 1 atom stereocenters. The zero-order chi connectivity index (χ0) is 12.0. The molecule has 0 heterocycles. The molecular formula is C12H16O4. The van der Waals surface area contributed by atoms with E-state index in [1.54, 1.807) is 14.0 Å². The minimum atomic E-state index is -0.845. The summed E-state index contributed by atoms with van der Waals surface area (Å²) >= 11 is 0. The van der Waals surface area contributed by atoms with Gasteiger partial charge in [-0.15, -0.1) is 0 Å². The fourth-order valence-corrected chi connectivity index (χ4v) is 1.27. The van der Waals surface area contributed by atoms with Gasteiger partial charge in [-0.05, 0) is 24.6 Å². The number of aliphatic carboxylic acids is 1. The number of carbonyl (C=O) groups is 1. The lowest BCUT2D eigenvalue weighted by Crippen LogP contribution is -2.13. The predicted octanol–water partition coefficient (Wildman–Crippen LogP) is 2.08. The number of carboxylic acids is 1. The van der Waals surface area contributed by atoms with Crippen LogP contribution in [-0.2, 0) is 16.1 Å². The lowest BCUT2D eigenvalue weighted by Gasteiger charge is -2.10. The molecule has 0 aliphatic heterocycles. The van der Waals surface area contributed by atoms with E-state index in [2.05, 4.69) is 0 Å². The van der Waals surface area contributed by atoms with Crippen LogP contribution in [0.3, 0.4) is 0 Å². The van der Waals surface area contributed by atoms with Crippen molar-refractivity contribution in [2.24, 2.45) is 0 Å².